The molecule has 1 aromatic heterocycles. The van der Waals surface area contributed by atoms with Gasteiger partial charge in [-0.25, -0.2) is 9.37 Å². The molecule has 0 spiro atoms. The highest BCUT2D eigenvalue weighted by Gasteiger charge is 2.24. The van der Waals surface area contributed by atoms with E-state index in [1.807, 2.05) is 25.1 Å². The molecule has 0 amide bonds. The van der Waals surface area contributed by atoms with E-state index in [0.717, 1.165) is 42.5 Å². The molecule has 31 heavy (non-hydrogen) atoms. The number of aromatic nitrogens is 1. The number of nitrogens with zero attached hydrogens (tertiary/aromatic N) is 2. The summed E-state index contributed by atoms with van der Waals surface area (Å²) in [5, 5.41) is 9.03. The maximum Gasteiger partial charge on any atom is 0.226 e. The van der Waals surface area contributed by atoms with Gasteiger partial charge in [-0.15, -0.1) is 0 Å². The molecule has 0 unspecified atom stereocenters. The minimum absolute atomic E-state index is 0.106. The zero-order valence-corrected chi connectivity index (χ0v) is 17.5. The first-order valence-corrected chi connectivity index (χ1v) is 10.5. The van der Waals surface area contributed by atoms with Crippen LogP contribution in [0.1, 0.15) is 48.3 Å². The van der Waals surface area contributed by atoms with E-state index in [1.165, 1.54) is 12.1 Å². The summed E-state index contributed by atoms with van der Waals surface area (Å²) < 4.78 is 31.1. The maximum absolute atomic E-state index is 13.1. The molecule has 6 heteroatoms. The highest BCUT2D eigenvalue weighted by atomic mass is 19.1. The molecular weight excluding hydrogens is 395 g/mol. The van der Waals surface area contributed by atoms with E-state index < -0.39 is 0 Å². The lowest BCUT2D eigenvalue weighted by molar-refractivity contribution is -0.0562. The quantitative estimate of drug-likeness (QED) is 0.490. The monoisotopic (exact) mass is 420 g/mol. The fourth-order valence-electron chi connectivity index (χ4n) is 3.82. The fraction of sp³-hybridized carbons (Fsp3) is 0.360. The number of nitriles is 1. The first kappa shape index (κ1) is 21.2. The van der Waals surface area contributed by atoms with Gasteiger partial charge >= 0.3 is 0 Å². The Kier molecular flexibility index (Phi) is 6.76. The van der Waals surface area contributed by atoms with Gasteiger partial charge in [0.25, 0.3) is 0 Å². The van der Waals surface area contributed by atoms with Crippen LogP contribution >= 0.6 is 0 Å². The van der Waals surface area contributed by atoms with Crippen molar-refractivity contribution in [3.63, 3.8) is 0 Å². The largest absolute Gasteiger partial charge is 0.441 e. The summed E-state index contributed by atoms with van der Waals surface area (Å²) in [4.78, 5) is 4.53. The fourth-order valence-corrected chi connectivity index (χ4v) is 3.82. The lowest BCUT2D eigenvalue weighted by Gasteiger charge is -2.29. The number of halogens is 1. The second-order valence-corrected chi connectivity index (χ2v) is 7.87. The summed E-state index contributed by atoms with van der Waals surface area (Å²) in [5.74, 6) is 0.892. The van der Waals surface area contributed by atoms with Gasteiger partial charge in [-0.1, -0.05) is 12.1 Å². The van der Waals surface area contributed by atoms with Crippen molar-refractivity contribution in [2.75, 3.05) is 0 Å². The highest BCUT2D eigenvalue weighted by Crippen LogP contribution is 2.27. The van der Waals surface area contributed by atoms with Gasteiger partial charge in [0.1, 0.15) is 17.3 Å². The van der Waals surface area contributed by atoms with Crippen molar-refractivity contribution in [1.82, 2.24) is 4.98 Å². The molecule has 1 aliphatic rings. The van der Waals surface area contributed by atoms with Gasteiger partial charge in [0.15, 0.2) is 0 Å². The van der Waals surface area contributed by atoms with Crippen molar-refractivity contribution < 1.29 is 18.3 Å². The van der Waals surface area contributed by atoms with E-state index in [2.05, 4.69) is 11.1 Å². The van der Waals surface area contributed by atoms with Crippen LogP contribution in [0.4, 0.5) is 4.39 Å². The Bertz CT molecular complexity index is 1060. The Morgan fingerprint density at radius 2 is 1.84 bits per heavy atom. The Morgan fingerprint density at radius 1 is 1.10 bits per heavy atom. The summed E-state index contributed by atoms with van der Waals surface area (Å²) in [6, 6.07) is 15.8. The molecule has 1 heterocycles. The molecule has 4 rings (SSSR count). The van der Waals surface area contributed by atoms with Crippen LogP contribution in [-0.2, 0) is 22.7 Å². The summed E-state index contributed by atoms with van der Waals surface area (Å²) in [7, 11) is 0. The van der Waals surface area contributed by atoms with Crippen molar-refractivity contribution in [3.05, 3.63) is 76.9 Å². The Hall–Kier alpha value is -3.01. The van der Waals surface area contributed by atoms with Crippen molar-refractivity contribution >= 4 is 0 Å². The van der Waals surface area contributed by atoms with Gasteiger partial charge in [0.2, 0.25) is 5.89 Å². The molecule has 0 radical (unpaired) electrons. The molecule has 2 aromatic carbocycles. The van der Waals surface area contributed by atoms with Crippen LogP contribution in [0.3, 0.4) is 0 Å². The van der Waals surface area contributed by atoms with Crippen LogP contribution in [0, 0.1) is 24.1 Å². The van der Waals surface area contributed by atoms with Gasteiger partial charge in [0.05, 0.1) is 37.1 Å². The van der Waals surface area contributed by atoms with Gasteiger partial charge in [-0.3, -0.25) is 0 Å². The molecule has 1 aliphatic carbocycles. The molecule has 5 nitrogen and oxygen atoms in total. The van der Waals surface area contributed by atoms with Crippen molar-refractivity contribution in [1.29, 1.82) is 5.26 Å². The van der Waals surface area contributed by atoms with Crippen LogP contribution in [0.2, 0.25) is 0 Å². The average molecular weight is 420 g/mol. The third-order valence-electron chi connectivity index (χ3n) is 5.56. The van der Waals surface area contributed by atoms with Crippen LogP contribution in [0.25, 0.3) is 11.5 Å². The SMILES string of the molecule is Cc1oc(-c2ccc(F)cc2)nc1CO[C@H]1CCC[C@@H](OCc2cccc(C#N)c2)C1. The van der Waals surface area contributed by atoms with E-state index in [1.54, 1.807) is 18.2 Å². The lowest BCUT2D eigenvalue weighted by atomic mass is 9.95. The molecule has 0 N–H and O–H groups in total. The van der Waals surface area contributed by atoms with Crippen LogP contribution in [-0.4, -0.2) is 17.2 Å². The van der Waals surface area contributed by atoms with Gasteiger partial charge in [0, 0.05) is 5.56 Å². The van der Waals surface area contributed by atoms with Gasteiger partial charge < -0.3 is 13.9 Å². The lowest BCUT2D eigenvalue weighted by Crippen LogP contribution is -2.28. The molecular formula is C25H25FN2O3. The Morgan fingerprint density at radius 3 is 2.58 bits per heavy atom. The second-order valence-electron chi connectivity index (χ2n) is 7.87. The zero-order valence-electron chi connectivity index (χ0n) is 17.5. The van der Waals surface area contributed by atoms with Crippen molar-refractivity contribution in [2.45, 2.75) is 58.0 Å². The van der Waals surface area contributed by atoms with Crippen LogP contribution in [0.5, 0.6) is 0 Å². The molecule has 0 aliphatic heterocycles. The smallest absolute Gasteiger partial charge is 0.226 e. The van der Waals surface area contributed by atoms with Crippen LogP contribution in [0.15, 0.2) is 52.9 Å². The number of rotatable bonds is 7. The number of hydrogen-bond donors (Lipinski definition) is 0. The van der Waals surface area contributed by atoms with E-state index >= 15 is 0 Å². The van der Waals surface area contributed by atoms with E-state index in [4.69, 9.17) is 19.2 Å². The summed E-state index contributed by atoms with van der Waals surface area (Å²) in [5.41, 5.74) is 3.15. The summed E-state index contributed by atoms with van der Waals surface area (Å²) in [6.45, 7) is 2.73. The zero-order chi connectivity index (χ0) is 21.6. The summed E-state index contributed by atoms with van der Waals surface area (Å²) in [6.07, 6.45) is 4.12. The molecule has 2 atom stereocenters. The summed E-state index contributed by atoms with van der Waals surface area (Å²) >= 11 is 0. The number of ether oxygens (including phenoxy) is 2. The number of aryl methyl sites for hydroxylation is 1. The third kappa shape index (κ3) is 5.57. The van der Waals surface area contributed by atoms with Crippen LogP contribution < -0.4 is 0 Å². The number of hydrogen-bond acceptors (Lipinski definition) is 5. The predicted molar refractivity (Wildman–Crippen MR) is 113 cm³/mol. The Balaban J connectivity index is 1.30. The maximum atomic E-state index is 13.1. The normalized spacial score (nSPS) is 18.6. The molecule has 160 valence electrons. The van der Waals surface area contributed by atoms with E-state index in [-0.39, 0.29) is 18.0 Å². The first-order chi connectivity index (χ1) is 15.1. The topological polar surface area (TPSA) is 68.3 Å². The van der Waals surface area contributed by atoms with Gasteiger partial charge in [-0.05, 0) is 74.6 Å². The first-order valence-electron chi connectivity index (χ1n) is 10.5. The number of oxazole rings is 1. The highest BCUT2D eigenvalue weighted by molar-refractivity contribution is 5.53. The molecule has 1 fully saturated rings. The molecule has 1 saturated carbocycles. The standard InChI is InChI=1S/C25H25FN2O3/c1-17-24(28-25(31-17)20-8-10-21(26)11-9-20)16-30-23-7-3-6-22(13-23)29-15-19-5-2-4-18(12-19)14-27/h2,4-5,8-12,22-23H,3,6-7,13,15-16H2,1H3/t22-,23+/m1/s1. The second kappa shape index (κ2) is 9.86. The molecule has 0 saturated heterocycles. The molecule has 3 aromatic rings. The minimum Gasteiger partial charge on any atom is -0.441 e. The van der Waals surface area contributed by atoms with E-state index in [0.29, 0.717) is 30.4 Å². The predicted octanol–water partition coefficient (Wildman–Crippen LogP) is 5.71. The van der Waals surface area contributed by atoms with Gasteiger partial charge in [-0.2, -0.15) is 5.26 Å². The average Bonchev–Trinajstić information content (AvgIpc) is 3.17. The Labute approximate surface area is 181 Å². The van der Waals surface area contributed by atoms with Crippen molar-refractivity contribution in [2.24, 2.45) is 0 Å². The van der Waals surface area contributed by atoms with Crippen molar-refractivity contribution in [3.8, 4) is 17.5 Å². The van der Waals surface area contributed by atoms with E-state index in [9.17, 15) is 4.39 Å². The third-order valence-corrected chi connectivity index (χ3v) is 5.56. The number of benzene rings is 2. The minimum atomic E-state index is -0.289. The molecule has 0 bridgehead atoms.